The number of anilines is 1. The predicted octanol–water partition coefficient (Wildman–Crippen LogP) is 3.29. The molecule has 5 nitrogen and oxygen atoms in total. The third-order valence-corrected chi connectivity index (χ3v) is 4.64. The van der Waals surface area contributed by atoms with Gasteiger partial charge in [0.15, 0.2) is 0 Å². The molecule has 0 aliphatic carbocycles. The number of carbonyl (C=O) groups is 1. The summed E-state index contributed by atoms with van der Waals surface area (Å²) in [5.41, 5.74) is 7.52. The topological polar surface area (TPSA) is 64.8 Å². The second-order valence-corrected chi connectivity index (χ2v) is 6.33. The van der Waals surface area contributed by atoms with E-state index in [1.54, 1.807) is 7.11 Å². The van der Waals surface area contributed by atoms with E-state index in [1.165, 1.54) is 5.56 Å². The maximum atomic E-state index is 11.2. The van der Waals surface area contributed by atoms with Crippen LogP contribution in [0.1, 0.15) is 31.4 Å². The van der Waals surface area contributed by atoms with Gasteiger partial charge >= 0.3 is 0 Å². The van der Waals surface area contributed by atoms with Gasteiger partial charge in [0.05, 0.1) is 18.8 Å². The van der Waals surface area contributed by atoms with Crippen molar-refractivity contribution >= 4 is 11.6 Å². The van der Waals surface area contributed by atoms with Gasteiger partial charge in [-0.25, -0.2) is 0 Å². The molecule has 0 radical (unpaired) electrons. The molecule has 25 heavy (non-hydrogen) atoms. The molecule has 2 aromatic carbocycles. The van der Waals surface area contributed by atoms with Crippen LogP contribution in [0, 0.1) is 0 Å². The van der Waals surface area contributed by atoms with Gasteiger partial charge in [-0.15, -0.1) is 0 Å². The van der Waals surface area contributed by atoms with Gasteiger partial charge in [-0.3, -0.25) is 4.79 Å². The van der Waals surface area contributed by atoms with E-state index in [0.29, 0.717) is 19.4 Å². The second-order valence-electron chi connectivity index (χ2n) is 6.33. The standard InChI is InChI=1S/C20H24N2O3/c1-14(8-11-20(21)23)22-17-12-16(24-2)9-10-19(17)25-13-18(22)15-6-4-3-5-7-15/h3-7,9-10,12,14,18H,8,11,13H2,1-2H3,(H2,21,23). The molecule has 0 saturated carbocycles. The largest absolute Gasteiger partial charge is 0.497 e. The number of ether oxygens (including phenoxy) is 2. The average Bonchev–Trinajstić information content (AvgIpc) is 2.65. The third kappa shape index (κ3) is 3.71. The van der Waals surface area contributed by atoms with Crippen LogP contribution in [-0.4, -0.2) is 25.7 Å². The van der Waals surface area contributed by atoms with Gasteiger partial charge in [-0.1, -0.05) is 30.3 Å². The monoisotopic (exact) mass is 340 g/mol. The first kappa shape index (κ1) is 17.1. The average molecular weight is 340 g/mol. The van der Waals surface area contributed by atoms with Gasteiger partial charge in [0.25, 0.3) is 0 Å². The Kier molecular flexibility index (Phi) is 5.12. The molecule has 1 aliphatic heterocycles. The van der Waals surface area contributed by atoms with Crippen LogP contribution in [0.4, 0.5) is 5.69 Å². The number of fused-ring (bicyclic) bond motifs is 1. The molecule has 3 rings (SSSR count). The first-order valence-corrected chi connectivity index (χ1v) is 8.52. The minimum Gasteiger partial charge on any atom is -0.497 e. The zero-order valence-corrected chi connectivity index (χ0v) is 14.6. The van der Waals surface area contributed by atoms with Crippen LogP contribution >= 0.6 is 0 Å². The summed E-state index contributed by atoms with van der Waals surface area (Å²) in [4.78, 5) is 13.6. The lowest BCUT2D eigenvalue weighted by atomic mass is 9.99. The molecule has 2 atom stereocenters. The molecule has 1 heterocycles. The van der Waals surface area contributed by atoms with Crippen LogP contribution in [0.25, 0.3) is 0 Å². The number of nitrogens with zero attached hydrogens (tertiary/aromatic N) is 1. The lowest BCUT2D eigenvalue weighted by Crippen LogP contribution is -2.42. The molecule has 1 amide bonds. The molecule has 0 aromatic heterocycles. The Bertz CT molecular complexity index is 733. The molecular weight excluding hydrogens is 316 g/mol. The Balaban J connectivity index is 1.99. The summed E-state index contributed by atoms with van der Waals surface area (Å²) in [5.74, 6) is 1.34. The molecule has 1 aliphatic rings. The van der Waals surface area contributed by atoms with Crippen molar-refractivity contribution in [2.24, 2.45) is 5.73 Å². The predicted molar refractivity (Wildman–Crippen MR) is 98.0 cm³/mol. The fourth-order valence-electron chi connectivity index (χ4n) is 3.33. The normalized spacial score (nSPS) is 17.4. The molecule has 2 N–H and O–H groups in total. The van der Waals surface area contributed by atoms with Crippen molar-refractivity contribution in [3.05, 3.63) is 54.1 Å². The maximum absolute atomic E-state index is 11.2. The van der Waals surface area contributed by atoms with E-state index in [9.17, 15) is 4.79 Å². The van der Waals surface area contributed by atoms with Gasteiger partial charge in [-0.2, -0.15) is 0 Å². The Morgan fingerprint density at radius 1 is 1.32 bits per heavy atom. The number of nitrogens with two attached hydrogens (primary N) is 1. The smallest absolute Gasteiger partial charge is 0.217 e. The summed E-state index contributed by atoms with van der Waals surface area (Å²) in [6, 6.07) is 16.3. The highest BCUT2D eigenvalue weighted by Crippen LogP contribution is 2.43. The van der Waals surface area contributed by atoms with Crippen molar-refractivity contribution in [1.82, 2.24) is 0 Å². The van der Waals surface area contributed by atoms with Crippen LogP contribution < -0.4 is 20.1 Å². The fourth-order valence-corrected chi connectivity index (χ4v) is 3.33. The molecule has 2 unspecified atom stereocenters. The molecular formula is C20H24N2O3. The first-order valence-electron chi connectivity index (χ1n) is 8.52. The lowest BCUT2D eigenvalue weighted by Gasteiger charge is -2.43. The van der Waals surface area contributed by atoms with Crippen molar-refractivity contribution in [2.45, 2.75) is 31.8 Å². The van der Waals surface area contributed by atoms with Crippen molar-refractivity contribution < 1.29 is 14.3 Å². The molecule has 5 heteroatoms. The molecule has 0 spiro atoms. The van der Waals surface area contributed by atoms with E-state index in [2.05, 4.69) is 24.0 Å². The Hall–Kier alpha value is -2.69. The molecule has 132 valence electrons. The highest BCUT2D eigenvalue weighted by molar-refractivity contribution is 5.74. The van der Waals surface area contributed by atoms with Crippen LogP contribution in [0.3, 0.4) is 0 Å². The Morgan fingerprint density at radius 2 is 2.08 bits per heavy atom. The number of carbonyl (C=O) groups excluding carboxylic acids is 1. The summed E-state index contributed by atoms with van der Waals surface area (Å²) in [7, 11) is 1.65. The number of hydrogen-bond donors (Lipinski definition) is 1. The van der Waals surface area contributed by atoms with Crippen LogP contribution in [0.5, 0.6) is 11.5 Å². The highest BCUT2D eigenvalue weighted by Gasteiger charge is 2.32. The summed E-state index contributed by atoms with van der Waals surface area (Å²) in [6.45, 7) is 2.68. The molecule has 0 saturated heterocycles. The van der Waals surface area contributed by atoms with E-state index in [4.69, 9.17) is 15.2 Å². The van der Waals surface area contributed by atoms with E-state index < -0.39 is 0 Å². The number of hydrogen-bond acceptors (Lipinski definition) is 4. The van der Waals surface area contributed by atoms with Crippen LogP contribution in [-0.2, 0) is 4.79 Å². The number of methoxy groups -OCH3 is 1. The zero-order chi connectivity index (χ0) is 17.8. The van der Waals surface area contributed by atoms with Crippen molar-refractivity contribution in [3.63, 3.8) is 0 Å². The summed E-state index contributed by atoms with van der Waals surface area (Å²) in [5, 5.41) is 0. The number of primary amides is 1. The van der Waals surface area contributed by atoms with Gasteiger partial charge < -0.3 is 20.1 Å². The van der Waals surface area contributed by atoms with Gasteiger partial charge in [0, 0.05) is 18.5 Å². The SMILES string of the molecule is COc1ccc2c(c1)N(C(C)CCC(N)=O)C(c1ccccc1)CO2. The van der Waals surface area contributed by atoms with E-state index in [0.717, 1.165) is 17.2 Å². The zero-order valence-electron chi connectivity index (χ0n) is 14.6. The minimum atomic E-state index is -0.276. The summed E-state index contributed by atoms with van der Waals surface area (Å²) >= 11 is 0. The van der Waals surface area contributed by atoms with E-state index in [-0.39, 0.29) is 18.0 Å². The lowest BCUT2D eigenvalue weighted by molar-refractivity contribution is -0.118. The summed E-state index contributed by atoms with van der Waals surface area (Å²) in [6.07, 6.45) is 1.05. The van der Waals surface area contributed by atoms with Crippen molar-refractivity contribution in [2.75, 3.05) is 18.6 Å². The maximum Gasteiger partial charge on any atom is 0.217 e. The highest BCUT2D eigenvalue weighted by atomic mass is 16.5. The fraction of sp³-hybridized carbons (Fsp3) is 0.350. The van der Waals surface area contributed by atoms with E-state index in [1.807, 2.05) is 36.4 Å². The third-order valence-electron chi connectivity index (χ3n) is 4.64. The van der Waals surface area contributed by atoms with Gasteiger partial charge in [-0.05, 0) is 31.0 Å². The van der Waals surface area contributed by atoms with Crippen LogP contribution in [0.2, 0.25) is 0 Å². The van der Waals surface area contributed by atoms with E-state index >= 15 is 0 Å². The van der Waals surface area contributed by atoms with Crippen molar-refractivity contribution in [3.8, 4) is 11.5 Å². The Morgan fingerprint density at radius 3 is 2.76 bits per heavy atom. The molecule has 0 fully saturated rings. The number of benzene rings is 2. The quantitative estimate of drug-likeness (QED) is 0.876. The van der Waals surface area contributed by atoms with Crippen molar-refractivity contribution in [1.29, 1.82) is 0 Å². The van der Waals surface area contributed by atoms with Gasteiger partial charge in [0.2, 0.25) is 5.91 Å². The molecule has 2 aromatic rings. The molecule has 0 bridgehead atoms. The second kappa shape index (κ2) is 7.47. The minimum absolute atomic E-state index is 0.0729. The summed E-state index contributed by atoms with van der Waals surface area (Å²) < 4.78 is 11.4. The van der Waals surface area contributed by atoms with Gasteiger partial charge in [0.1, 0.15) is 18.1 Å². The number of rotatable bonds is 6. The van der Waals surface area contributed by atoms with Crippen LogP contribution in [0.15, 0.2) is 48.5 Å². The Labute approximate surface area is 148 Å². The first-order chi connectivity index (χ1) is 12.1. The number of amides is 1.